The first-order valence-electron chi connectivity index (χ1n) is 9.62. The van der Waals surface area contributed by atoms with Gasteiger partial charge in [0.1, 0.15) is 11.6 Å². The molecule has 1 aliphatic heterocycles. The molecule has 1 saturated heterocycles. The third-order valence-electron chi connectivity index (χ3n) is 5.06. The van der Waals surface area contributed by atoms with Crippen molar-refractivity contribution in [3.63, 3.8) is 0 Å². The molecule has 0 unspecified atom stereocenters. The maximum absolute atomic E-state index is 12.6. The lowest BCUT2D eigenvalue weighted by Crippen LogP contribution is -2.35. The highest BCUT2D eigenvalue weighted by molar-refractivity contribution is 5.91. The Balaban J connectivity index is 1.64. The van der Waals surface area contributed by atoms with Crippen molar-refractivity contribution < 1.29 is 9.21 Å². The quantitative estimate of drug-likeness (QED) is 0.678. The van der Waals surface area contributed by atoms with Crippen LogP contribution in [-0.4, -0.2) is 56.7 Å². The molecule has 0 N–H and O–H groups in total. The van der Waals surface area contributed by atoms with E-state index >= 15 is 0 Å². The van der Waals surface area contributed by atoms with Gasteiger partial charge < -0.3 is 14.2 Å². The van der Waals surface area contributed by atoms with Crippen molar-refractivity contribution in [1.82, 2.24) is 24.6 Å². The number of carbonyl (C=O) groups excluding carboxylic acids is 1. The average molecular weight is 382 g/mol. The maximum Gasteiger partial charge on any atom is 0.289 e. The molecule has 0 aromatic carbocycles. The van der Waals surface area contributed by atoms with Gasteiger partial charge in [0.2, 0.25) is 0 Å². The van der Waals surface area contributed by atoms with Gasteiger partial charge in [-0.05, 0) is 18.6 Å². The van der Waals surface area contributed by atoms with E-state index in [1.54, 1.807) is 16.8 Å². The molecule has 1 amide bonds. The van der Waals surface area contributed by atoms with Gasteiger partial charge in [-0.15, -0.1) is 0 Å². The lowest BCUT2D eigenvalue weighted by molar-refractivity contribution is 0.0735. The second kappa shape index (κ2) is 6.92. The second-order valence-electron chi connectivity index (χ2n) is 8.24. The van der Waals surface area contributed by atoms with Crippen LogP contribution in [0.15, 0.2) is 29.0 Å². The second-order valence-corrected chi connectivity index (χ2v) is 8.24. The third kappa shape index (κ3) is 3.34. The molecule has 0 spiro atoms. The Morgan fingerprint density at radius 2 is 1.96 bits per heavy atom. The summed E-state index contributed by atoms with van der Waals surface area (Å²) in [5.74, 6) is 2.03. The Hall–Kier alpha value is -2.90. The molecule has 3 aromatic rings. The molecular weight excluding hydrogens is 356 g/mol. The Labute approximate surface area is 164 Å². The van der Waals surface area contributed by atoms with Crippen LogP contribution < -0.4 is 4.90 Å². The first-order valence-corrected chi connectivity index (χ1v) is 9.62. The van der Waals surface area contributed by atoms with Crippen molar-refractivity contribution in [2.24, 2.45) is 7.05 Å². The van der Waals surface area contributed by atoms with Crippen LogP contribution in [0.3, 0.4) is 0 Å². The predicted molar refractivity (Wildman–Crippen MR) is 106 cm³/mol. The normalized spacial score (nSPS) is 15.9. The van der Waals surface area contributed by atoms with Crippen molar-refractivity contribution in [3.8, 4) is 0 Å². The minimum atomic E-state index is -0.166. The van der Waals surface area contributed by atoms with Gasteiger partial charge in [0, 0.05) is 38.6 Å². The number of furan rings is 1. The average Bonchev–Trinajstić information content (AvgIpc) is 3.24. The van der Waals surface area contributed by atoms with E-state index in [9.17, 15) is 4.79 Å². The summed E-state index contributed by atoms with van der Waals surface area (Å²) in [7, 11) is 1.90. The Bertz CT molecular complexity index is 986. The molecule has 4 rings (SSSR count). The lowest BCUT2D eigenvalue weighted by atomic mass is 9.95. The number of aromatic nitrogens is 4. The van der Waals surface area contributed by atoms with E-state index in [4.69, 9.17) is 14.4 Å². The highest BCUT2D eigenvalue weighted by atomic mass is 16.3. The maximum atomic E-state index is 12.6. The zero-order chi connectivity index (χ0) is 19.9. The minimum Gasteiger partial charge on any atom is -0.459 e. The molecule has 0 radical (unpaired) electrons. The fourth-order valence-electron chi connectivity index (χ4n) is 3.47. The lowest BCUT2D eigenvalue weighted by Gasteiger charge is -2.25. The molecule has 0 saturated carbocycles. The zero-order valence-electron chi connectivity index (χ0n) is 16.8. The van der Waals surface area contributed by atoms with Crippen LogP contribution in [0.1, 0.15) is 43.6 Å². The number of fused-ring (bicyclic) bond motifs is 1. The number of hydrogen-bond donors (Lipinski definition) is 0. The van der Waals surface area contributed by atoms with Gasteiger partial charge in [-0.25, -0.2) is 9.97 Å². The number of hydrogen-bond acceptors (Lipinski definition) is 6. The number of aryl methyl sites for hydroxylation is 1. The zero-order valence-corrected chi connectivity index (χ0v) is 16.8. The summed E-state index contributed by atoms with van der Waals surface area (Å²) in [5.41, 5.74) is 0.670. The topological polar surface area (TPSA) is 80.3 Å². The van der Waals surface area contributed by atoms with Crippen molar-refractivity contribution >= 4 is 22.8 Å². The summed E-state index contributed by atoms with van der Waals surface area (Å²) in [6, 6.07) is 3.45. The summed E-state index contributed by atoms with van der Waals surface area (Å²) < 4.78 is 7.07. The first kappa shape index (κ1) is 18.5. The van der Waals surface area contributed by atoms with Gasteiger partial charge in [-0.2, -0.15) is 5.10 Å². The van der Waals surface area contributed by atoms with Crippen LogP contribution >= 0.6 is 0 Å². The van der Waals surface area contributed by atoms with E-state index in [1.165, 1.54) is 6.26 Å². The fraction of sp³-hybridized carbons (Fsp3) is 0.500. The number of amides is 1. The smallest absolute Gasteiger partial charge is 0.289 e. The van der Waals surface area contributed by atoms with E-state index in [1.807, 2.05) is 18.1 Å². The molecule has 148 valence electrons. The molecule has 1 fully saturated rings. The predicted octanol–water partition coefficient (Wildman–Crippen LogP) is 2.61. The van der Waals surface area contributed by atoms with Crippen LogP contribution in [-0.2, 0) is 12.5 Å². The SMILES string of the molecule is Cn1ncc2c(N3CCCN(C(=O)c4ccco4)CC3)nc(C(C)(C)C)nc21. The number of anilines is 1. The standard InChI is InChI=1S/C20H26N6O2/c1-20(2,3)19-22-16-14(13-21-24(16)4)17(23-19)25-8-6-9-26(11-10-25)18(27)15-7-5-12-28-15/h5,7,12-13H,6,8-11H2,1-4H3. The third-order valence-corrected chi connectivity index (χ3v) is 5.06. The molecule has 28 heavy (non-hydrogen) atoms. The van der Waals surface area contributed by atoms with Gasteiger partial charge in [0.15, 0.2) is 11.4 Å². The number of rotatable bonds is 2. The summed E-state index contributed by atoms with van der Waals surface area (Å²) in [4.78, 5) is 26.4. The van der Waals surface area contributed by atoms with Crippen molar-refractivity contribution in [1.29, 1.82) is 0 Å². The highest BCUT2D eigenvalue weighted by Gasteiger charge is 2.26. The van der Waals surface area contributed by atoms with E-state index < -0.39 is 0 Å². The van der Waals surface area contributed by atoms with E-state index in [0.717, 1.165) is 35.6 Å². The van der Waals surface area contributed by atoms with Gasteiger partial charge in [0.25, 0.3) is 5.91 Å². The van der Waals surface area contributed by atoms with E-state index in [2.05, 4.69) is 30.8 Å². The molecular formula is C20H26N6O2. The van der Waals surface area contributed by atoms with Gasteiger partial charge in [0.05, 0.1) is 17.8 Å². The largest absolute Gasteiger partial charge is 0.459 e. The van der Waals surface area contributed by atoms with Gasteiger partial charge in [-0.1, -0.05) is 20.8 Å². The van der Waals surface area contributed by atoms with Crippen LogP contribution in [0.5, 0.6) is 0 Å². The molecule has 8 heteroatoms. The number of carbonyl (C=O) groups is 1. The van der Waals surface area contributed by atoms with Crippen molar-refractivity contribution in [2.45, 2.75) is 32.6 Å². The molecule has 0 bridgehead atoms. The monoisotopic (exact) mass is 382 g/mol. The van der Waals surface area contributed by atoms with Crippen LogP contribution in [0.25, 0.3) is 11.0 Å². The Morgan fingerprint density at radius 1 is 1.14 bits per heavy atom. The van der Waals surface area contributed by atoms with Gasteiger partial charge in [-0.3, -0.25) is 9.48 Å². The van der Waals surface area contributed by atoms with Crippen LogP contribution in [0, 0.1) is 0 Å². The summed E-state index contributed by atoms with van der Waals surface area (Å²) in [6.45, 7) is 9.19. The van der Waals surface area contributed by atoms with Gasteiger partial charge >= 0.3 is 0 Å². The van der Waals surface area contributed by atoms with Crippen LogP contribution in [0.4, 0.5) is 5.82 Å². The van der Waals surface area contributed by atoms with Crippen molar-refractivity contribution in [3.05, 3.63) is 36.2 Å². The summed E-state index contributed by atoms with van der Waals surface area (Å²) in [6.07, 6.45) is 4.22. The minimum absolute atomic E-state index is 0.0588. The Morgan fingerprint density at radius 3 is 2.68 bits per heavy atom. The summed E-state index contributed by atoms with van der Waals surface area (Å²) >= 11 is 0. The molecule has 0 atom stereocenters. The van der Waals surface area contributed by atoms with E-state index in [0.29, 0.717) is 25.4 Å². The number of nitrogens with zero attached hydrogens (tertiary/aromatic N) is 6. The first-order chi connectivity index (χ1) is 13.3. The Kier molecular flexibility index (Phi) is 4.56. The molecule has 0 aliphatic carbocycles. The molecule has 3 aromatic heterocycles. The molecule has 8 nitrogen and oxygen atoms in total. The molecule has 1 aliphatic rings. The summed E-state index contributed by atoms with van der Waals surface area (Å²) in [5, 5.41) is 5.33. The van der Waals surface area contributed by atoms with Crippen molar-refractivity contribution in [2.75, 3.05) is 31.1 Å². The van der Waals surface area contributed by atoms with Crippen LogP contribution in [0.2, 0.25) is 0 Å². The molecule has 4 heterocycles. The fourth-order valence-corrected chi connectivity index (χ4v) is 3.47. The highest BCUT2D eigenvalue weighted by Crippen LogP contribution is 2.28. The van der Waals surface area contributed by atoms with E-state index in [-0.39, 0.29) is 11.3 Å².